The summed E-state index contributed by atoms with van der Waals surface area (Å²) in [6.07, 6.45) is 6.88. The molecule has 0 bridgehead atoms. The maximum atomic E-state index is 12.9. The molecule has 0 atom stereocenters. The average molecular weight is 442 g/mol. The van der Waals surface area contributed by atoms with E-state index in [-0.39, 0.29) is 5.91 Å². The Bertz CT molecular complexity index is 976. The van der Waals surface area contributed by atoms with Gasteiger partial charge in [-0.05, 0) is 73.6 Å². The SMILES string of the molecule is O=C(Nc1ccc2c(c1)CCN(C1CCC1)CC2)c1cccc(N2CCCS2(O)O)c1. The van der Waals surface area contributed by atoms with Gasteiger partial charge in [-0.25, -0.2) is 0 Å². The van der Waals surface area contributed by atoms with E-state index < -0.39 is 10.8 Å². The van der Waals surface area contributed by atoms with Crippen LogP contribution in [0.25, 0.3) is 0 Å². The maximum absolute atomic E-state index is 12.9. The minimum Gasteiger partial charge on any atom is -0.322 e. The Kier molecular flexibility index (Phi) is 5.69. The van der Waals surface area contributed by atoms with Gasteiger partial charge in [0.25, 0.3) is 5.91 Å². The molecule has 0 unspecified atom stereocenters. The zero-order chi connectivity index (χ0) is 21.4. The summed E-state index contributed by atoms with van der Waals surface area (Å²) in [6.45, 7) is 2.82. The Morgan fingerprint density at radius 1 is 0.968 bits per heavy atom. The molecule has 1 aliphatic carbocycles. The van der Waals surface area contributed by atoms with Crippen molar-refractivity contribution in [1.82, 2.24) is 4.90 Å². The molecule has 3 aliphatic rings. The van der Waals surface area contributed by atoms with Gasteiger partial charge in [0, 0.05) is 36.9 Å². The molecule has 0 radical (unpaired) electrons. The second kappa shape index (κ2) is 8.47. The fourth-order valence-electron chi connectivity index (χ4n) is 4.90. The highest BCUT2D eigenvalue weighted by molar-refractivity contribution is 8.25. The number of carbonyl (C=O) groups is 1. The van der Waals surface area contributed by atoms with Crippen molar-refractivity contribution in [2.45, 2.75) is 44.6 Å². The molecule has 1 saturated heterocycles. The second-order valence-electron chi connectivity index (χ2n) is 8.90. The van der Waals surface area contributed by atoms with Crippen LogP contribution in [0.2, 0.25) is 0 Å². The Morgan fingerprint density at radius 2 is 1.77 bits per heavy atom. The summed E-state index contributed by atoms with van der Waals surface area (Å²) in [5, 5.41) is 3.03. The van der Waals surface area contributed by atoms with Gasteiger partial charge < -0.3 is 5.32 Å². The van der Waals surface area contributed by atoms with Gasteiger partial charge in [-0.1, -0.05) is 18.6 Å². The Hall–Kier alpha value is -2.06. The van der Waals surface area contributed by atoms with Crippen LogP contribution in [0, 0.1) is 0 Å². The molecule has 2 fully saturated rings. The molecule has 166 valence electrons. The van der Waals surface area contributed by atoms with E-state index >= 15 is 0 Å². The van der Waals surface area contributed by atoms with E-state index in [2.05, 4.69) is 22.3 Å². The smallest absolute Gasteiger partial charge is 0.255 e. The van der Waals surface area contributed by atoms with Crippen molar-refractivity contribution in [2.24, 2.45) is 0 Å². The molecule has 7 heteroatoms. The summed E-state index contributed by atoms with van der Waals surface area (Å²) in [5.41, 5.74) is 4.74. The summed E-state index contributed by atoms with van der Waals surface area (Å²) in [4.78, 5) is 15.5. The first-order valence-electron chi connectivity index (χ1n) is 11.3. The molecule has 1 saturated carbocycles. The molecule has 0 aromatic heterocycles. The lowest BCUT2D eigenvalue weighted by Gasteiger charge is -2.38. The van der Waals surface area contributed by atoms with Gasteiger partial charge in [0.1, 0.15) is 0 Å². The predicted octanol–water partition coefficient (Wildman–Crippen LogP) is 4.77. The number of rotatable bonds is 4. The lowest BCUT2D eigenvalue weighted by molar-refractivity contribution is 0.102. The molecule has 1 amide bonds. The van der Waals surface area contributed by atoms with E-state index in [0.717, 1.165) is 44.1 Å². The van der Waals surface area contributed by atoms with E-state index in [0.29, 0.717) is 23.5 Å². The van der Waals surface area contributed by atoms with E-state index in [9.17, 15) is 13.9 Å². The fraction of sp³-hybridized carbons (Fsp3) is 0.458. The van der Waals surface area contributed by atoms with Crippen LogP contribution in [-0.2, 0) is 12.8 Å². The van der Waals surface area contributed by atoms with Crippen LogP contribution >= 0.6 is 10.8 Å². The van der Waals surface area contributed by atoms with E-state index in [4.69, 9.17) is 0 Å². The van der Waals surface area contributed by atoms with Gasteiger partial charge in [-0.3, -0.25) is 23.1 Å². The first kappa shape index (κ1) is 20.8. The van der Waals surface area contributed by atoms with Crippen molar-refractivity contribution in [2.75, 3.05) is 35.0 Å². The predicted molar refractivity (Wildman–Crippen MR) is 127 cm³/mol. The summed E-state index contributed by atoms with van der Waals surface area (Å²) in [5.74, 6) is 0.207. The number of fused-ring (bicyclic) bond motifs is 1. The van der Waals surface area contributed by atoms with E-state index in [1.807, 2.05) is 12.1 Å². The molecule has 6 nitrogen and oxygen atoms in total. The van der Waals surface area contributed by atoms with Crippen LogP contribution in [0.3, 0.4) is 0 Å². The highest BCUT2D eigenvalue weighted by Gasteiger charge is 2.29. The van der Waals surface area contributed by atoms with Gasteiger partial charge >= 0.3 is 0 Å². The molecule has 2 aromatic rings. The van der Waals surface area contributed by atoms with Crippen LogP contribution < -0.4 is 9.62 Å². The number of hydrogen-bond acceptors (Lipinski definition) is 5. The van der Waals surface area contributed by atoms with E-state index in [1.165, 1.54) is 30.4 Å². The van der Waals surface area contributed by atoms with Gasteiger partial charge in [0.05, 0.1) is 11.4 Å². The summed E-state index contributed by atoms with van der Waals surface area (Å²) in [6, 6.07) is 14.2. The number of nitrogens with one attached hydrogen (secondary N) is 1. The van der Waals surface area contributed by atoms with Gasteiger partial charge in [-0.15, -0.1) is 10.8 Å². The number of carbonyl (C=O) groups excluding carboxylic acids is 1. The minimum absolute atomic E-state index is 0.179. The number of amides is 1. The largest absolute Gasteiger partial charge is 0.322 e. The third-order valence-corrected chi connectivity index (χ3v) is 8.86. The third kappa shape index (κ3) is 4.32. The molecule has 2 aliphatic heterocycles. The van der Waals surface area contributed by atoms with Crippen LogP contribution in [-0.4, -0.2) is 51.3 Å². The Labute approximate surface area is 185 Å². The van der Waals surface area contributed by atoms with E-state index in [1.54, 1.807) is 22.5 Å². The van der Waals surface area contributed by atoms with Crippen LogP contribution in [0.4, 0.5) is 11.4 Å². The molecule has 31 heavy (non-hydrogen) atoms. The van der Waals surface area contributed by atoms with Gasteiger partial charge in [0.15, 0.2) is 0 Å². The number of nitrogens with zero attached hydrogens (tertiary/aromatic N) is 2. The monoisotopic (exact) mass is 441 g/mol. The number of benzene rings is 2. The second-order valence-corrected chi connectivity index (χ2v) is 11.0. The molecule has 5 rings (SSSR count). The maximum Gasteiger partial charge on any atom is 0.255 e. The van der Waals surface area contributed by atoms with Crippen LogP contribution in [0.5, 0.6) is 0 Å². The zero-order valence-corrected chi connectivity index (χ0v) is 18.6. The van der Waals surface area contributed by atoms with Crippen molar-refractivity contribution in [3.8, 4) is 0 Å². The topological polar surface area (TPSA) is 76.0 Å². The number of anilines is 2. The van der Waals surface area contributed by atoms with Gasteiger partial charge in [0.2, 0.25) is 0 Å². The lowest BCUT2D eigenvalue weighted by atomic mass is 9.91. The third-order valence-electron chi connectivity index (χ3n) is 6.92. The van der Waals surface area contributed by atoms with Crippen molar-refractivity contribution in [1.29, 1.82) is 0 Å². The molecule has 0 spiro atoms. The summed E-state index contributed by atoms with van der Waals surface area (Å²) >= 11 is 0. The molecule has 2 aromatic carbocycles. The van der Waals surface area contributed by atoms with Gasteiger partial charge in [-0.2, -0.15) is 0 Å². The fourth-order valence-corrected chi connectivity index (χ4v) is 6.51. The van der Waals surface area contributed by atoms with Crippen molar-refractivity contribution >= 4 is 28.1 Å². The average Bonchev–Trinajstić information content (AvgIpc) is 2.95. The van der Waals surface area contributed by atoms with Crippen LogP contribution in [0.15, 0.2) is 42.5 Å². The molecular weight excluding hydrogens is 410 g/mol. The first-order valence-corrected chi connectivity index (χ1v) is 13.0. The molecule has 3 N–H and O–H groups in total. The normalized spacial score (nSPS) is 22.3. The Balaban J connectivity index is 1.28. The standard InChI is InChI=1S/C24H31N3O3S/c28-24(20-4-1-7-23(17-20)27-12-3-15-31(27,29)30)25-21-9-8-18-10-13-26(22-5-2-6-22)14-11-19(18)16-21/h1,4,7-9,16-17,22,29-30H,2-3,5-6,10-15H2,(H,25,28). The number of hydrogen-bond donors (Lipinski definition) is 3. The zero-order valence-electron chi connectivity index (χ0n) is 17.8. The molecule has 2 heterocycles. The highest BCUT2D eigenvalue weighted by atomic mass is 32.3. The Morgan fingerprint density at radius 3 is 2.48 bits per heavy atom. The minimum atomic E-state index is -2.77. The van der Waals surface area contributed by atoms with Crippen LogP contribution in [0.1, 0.15) is 47.2 Å². The summed E-state index contributed by atoms with van der Waals surface area (Å²) in [7, 11) is -2.77. The van der Waals surface area contributed by atoms with Crippen molar-refractivity contribution in [3.63, 3.8) is 0 Å². The first-order chi connectivity index (χ1) is 15.0. The summed E-state index contributed by atoms with van der Waals surface area (Å²) < 4.78 is 22.1. The lowest BCUT2D eigenvalue weighted by Crippen LogP contribution is -2.41. The van der Waals surface area contributed by atoms with Crippen molar-refractivity contribution < 1.29 is 13.9 Å². The molecular formula is C24H31N3O3S. The van der Waals surface area contributed by atoms with Crippen molar-refractivity contribution in [3.05, 3.63) is 59.2 Å². The highest BCUT2D eigenvalue weighted by Crippen LogP contribution is 2.50. The quantitative estimate of drug-likeness (QED) is 0.637.